The first-order chi connectivity index (χ1) is 4.86. The topological polar surface area (TPSA) is 33.1 Å². The molecule has 0 radical (unpaired) electrons. The summed E-state index contributed by atoms with van der Waals surface area (Å²) in [7, 11) is 0. The second-order valence-corrected chi connectivity index (χ2v) is 2.36. The normalized spacial score (nSPS) is 14.6. The molecule has 0 fully saturated rings. The molecule has 10 heavy (non-hydrogen) atoms. The minimum absolute atomic E-state index is 0.411. The molecule has 1 aliphatic rings. The predicted octanol–water partition coefficient (Wildman–Crippen LogP) is 1.54. The summed E-state index contributed by atoms with van der Waals surface area (Å²) in [6, 6.07) is 3.85. The molecule has 0 amide bonds. The molecular formula is C8H7NO. The Bertz CT molecular complexity index is 291. The van der Waals surface area contributed by atoms with E-state index in [4.69, 9.17) is 5.11 Å². The fourth-order valence-corrected chi connectivity index (χ4v) is 1.13. The maximum absolute atomic E-state index is 9.07. The van der Waals surface area contributed by atoms with Crippen molar-refractivity contribution in [1.29, 1.82) is 0 Å². The van der Waals surface area contributed by atoms with Gasteiger partial charge >= 0.3 is 0 Å². The highest BCUT2D eigenvalue weighted by molar-refractivity contribution is 5.57. The molecule has 0 atom stereocenters. The van der Waals surface area contributed by atoms with Crippen LogP contribution in [-0.4, -0.2) is 10.1 Å². The number of hydrogen-bond donors (Lipinski definition) is 1. The lowest BCUT2D eigenvalue weighted by molar-refractivity contribution is 0.408. The minimum Gasteiger partial charge on any atom is -0.512 e. The molecule has 0 spiro atoms. The fraction of sp³-hybridized carbons (Fsp3) is 0.125. The first-order valence-corrected chi connectivity index (χ1v) is 3.20. The lowest BCUT2D eigenvalue weighted by Crippen LogP contribution is -1.84. The van der Waals surface area contributed by atoms with Crippen LogP contribution in [0.5, 0.6) is 0 Å². The molecule has 0 saturated carbocycles. The molecule has 1 aliphatic carbocycles. The number of nitrogens with zero attached hydrogens (tertiary/aromatic N) is 1. The van der Waals surface area contributed by atoms with Crippen molar-refractivity contribution >= 4 is 6.08 Å². The number of aromatic nitrogens is 1. The summed E-state index contributed by atoms with van der Waals surface area (Å²) in [5.74, 6) is 0.411. The Kier molecular flexibility index (Phi) is 1.01. The van der Waals surface area contributed by atoms with Gasteiger partial charge in [-0.25, -0.2) is 0 Å². The molecule has 1 aromatic heterocycles. The molecule has 50 valence electrons. The lowest BCUT2D eigenvalue weighted by atomic mass is 10.2. The van der Waals surface area contributed by atoms with Gasteiger partial charge in [-0.2, -0.15) is 0 Å². The maximum Gasteiger partial charge on any atom is 0.0988 e. The zero-order valence-corrected chi connectivity index (χ0v) is 5.41. The zero-order valence-electron chi connectivity index (χ0n) is 5.41. The van der Waals surface area contributed by atoms with E-state index in [0.29, 0.717) is 12.2 Å². The Morgan fingerprint density at radius 1 is 1.50 bits per heavy atom. The molecular weight excluding hydrogens is 126 g/mol. The molecule has 0 aromatic carbocycles. The van der Waals surface area contributed by atoms with Crippen LogP contribution in [0.3, 0.4) is 0 Å². The Morgan fingerprint density at radius 2 is 2.40 bits per heavy atom. The number of fused-ring (bicyclic) bond motifs is 1. The van der Waals surface area contributed by atoms with Gasteiger partial charge in [0.15, 0.2) is 0 Å². The van der Waals surface area contributed by atoms with Crippen molar-refractivity contribution in [3.05, 3.63) is 35.3 Å². The monoisotopic (exact) mass is 133 g/mol. The highest BCUT2D eigenvalue weighted by Crippen LogP contribution is 2.19. The predicted molar refractivity (Wildman–Crippen MR) is 38.5 cm³/mol. The van der Waals surface area contributed by atoms with Crippen molar-refractivity contribution in [2.75, 3.05) is 0 Å². The first-order valence-electron chi connectivity index (χ1n) is 3.20. The van der Waals surface area contributed by atoms with E-state index >= 15 is 0 Å². The number of aliphatic hydroxyl groups is 1. The van der Waals surface area contributed by atoms with Gasteiger partial charge in [-0.1, -0.05) is 6.07 Å². The molecule has 2 nitrogen and oxygen atoms in total. The molecule has 1 N–H and O–H groups in total. The van der Waals surface area contributed by atoms with Crippen LogP contribution >= 0.6 is 0 Å². The summed E-state index contributed by atoms with van der Waals surface area (Å²) in [4.78, 5) is 4.07. The minimum atomic E-state index is 0.411. The fourth-order valence-electron chi connectivity index (χ4n) is 1.13. The van der Waals surface area contributed by atoms with Crippen LogP contribution in [0.15, 0.2) is 24.1 Å². The second kappa shape index (κ2) is 1.84. The molecule has 2 heteroatoms. The molecule has 1 heterocycles. The number of allylic oxidation sites excluding steroid dienone is 1. The van der Waals surface area contributed by atoms with Crippen LogP contribution in [0.1, 0.15) is 11.3 Å². The van der Waals surface area contributed by atoms with Crippen molar-refractivity contribution in [2.24, 2.45) is 0 Å². The van der Waals surface area contributed by atoms with Gasteiger partial charge in [-0.15, -0.1) is 0 Å². The van der Waals surface area contributed by atoms with Gasteiger partial charge in [0.05, 0.1) is 11.5 Å². The number of rotatable bonds is 0. The van der Waals surface area contributed by atoms with Gasteiger partial charge < -0.3 is 5.11 Å². The smallest absolute Gasteiger partial charge is 0.0988 e. The summed E-state index contributed by atoms with van der Waals surface area (Å²) >= 11 is 0. The molecule has 0 aliphatic heterocycles. The molecule has 0 saturated heterocycles. The van der Waals surface area contributed by atoms with Crippen molar-refractivity contribution < 1.29 is 5.11 Å². The van der Waals surface area contributed by atoms with E-state index in [1.165, 1.54) is 0 Å². The SMILES string of the molecule is OC1=Cc2ncccc2C1. The van der Waals surface area contributed by atoms with E-state index in [1.807, 2.05) is 12.1 Å². The van der Waals surface area contributed by atoms with Crippen molar-refractivity contribution in [3.8, 4) is 0 Å². The Morgan fingerprint density at radius 3 is 3.20 bits per heavy atom. The Balaban J connectivity index is 2.54. The Labute approximate surface area is 58.8 Å². The average molecular weight is 133 g/mol. The first kappa shape index (κ1) is 5.47. The third kappa shape index (κ3) is 0.692. The number of hydrogen-bond acceptors (Lipinski definition) is 2. The quantitative estimate of drug-likeness (QED) is 0.582. The average Bonchev–Trinajstić information content (AvgIpc) is 2.27. The van der Waals surface area contributed by atoms with Crippen LogP contribution in [0.2, 0.25) is 0 Å². The third-order valence-electron chi connectivity index (χ3n) is 1.60. The van der Waals surface area contributed by atoms with E-state index < -0.39 is 0 Å². The highest BCUT2D eigenvalue weighted by Gasteiger charge is 2.10. The lowest BCUT2D eigenvalue weighted by Gasteiger charge is -1.92. The number of aliphatic hydroxyl groups excluding tert-OH is 1. The largest absolute Gasteiger partial charge is 0.512 e. The third-order valence-corrected chi connectivity index (χ3v) is 1.60. The van der Waals surface area contributed by atoms with Crippen LogP contribution in [0.4, 0.5) is 0 Å². The van der Waals surface area contributed by atoms with E-state index in [2.05, 4.69) is 4.98 Å². The standard InChI is InChI=1S/C8H7NO/c10-7-4-6-2-1-3-9-8(6)5-7/h1-3,5,10H,4H2. The highest BCUT2D eigenvalue weighted by atomic mass is 16.3. The van der Waals surface area contributed by atoms with Gasteiger partial charge in [0.2, 0.25) is 0 Å². The molecule has 1 aromatic rings. The van der Waals surface area contributed by atoms with Gasteiger partial charge in [0, 0.05) is 18.7 Å². The Hall–Kier alpha value is -1.31. The van der Waals surface area contributed by atoms with E-state index in [0.717, 1.165) is 11.3 Å². The molecule has 0 unspecified atom stereocenters. The molecule has 0 bridgehead atoms. The van der Waals surface area contributed by atoms with Crippen LogP contribution in [-0.2, 0) is 6.42 Å². The van der Waals surface area contributed by atoms with Gasteiger partial charge in [0.1, 0.15) is 0 Å². The summed E-state index contributed by atoms with van der Waals surface area (Å²) in [6.45, 7) is 0. The van der Waals surface area contributed by atoms with E-state index in [9.17, 15) is 0 Å². The van der Waals surface area contributed by atoms with Crippen molar-refractivity contribution in [1.82, 2.24) is 4.98 Å². The summed E-state index contributed by atoms with van der Waals surface area (Å²) in [5.41, 5.74) is 2.01. The summed E-state index contributed by atoms with van der Waals surface area (Å²) < 4.78 is 0. The van der Waals surface area contributed by atoms with Crippen LogP contribution in [0, 0.1) is 0 Å². The second-order valence-electron chi connectivity index (χ2n) is 2.36. The van der Waals surface area contributed by atoms with E-state index in [-0.39, 0.29) is 0 Å². The summed E-state index contributed by atoms with van der Waals surface area (Å²) in [6.07, 6.45) is 4.08. The van der Waals surface area contributed by atoms with E-state index in [1.54, 1.807) is 12.3 Å². The number of pyridine rings is 1. The zero-order chi connectivity index (χ0) is 6.97. The van der Waals surface area contributed by atoms with Crippen molar-refractivity contribution in [3.63, 3.8) is 0 Å². The molecule has 2 rings (SSSR count). The van der Waals surface area contributed by atoms with Gasteiger partial charge in [0.25, 0.3) is 0 Å². The van der Waals surface area contributed by atoms with Gasteiger partial charge in [-0.3, -0.25) is 4.98 Å². The van der Waals surface area contributed by atoms with Crippen molar-refractivity contribution in [2.45, 2.75) is 6.42 Å². The van der Waals surface area contributed by atoms with Crippen LogP contribution in [0.25, 0.3) is 6.08 Å². The van der Waals surface area contributed by atoms with Crippen LogP contribution < -0.4 is 0 Å². The maximum atomic E-state index is 9.07. The summed E-state index contributed by atoms with van der Waals surface area (Å²) in [5, 5.41) is 9.07. The van der Waals surface area contributed by atoms with Gasteiger partial charge in [-0.05, 0) is 11.6 Å².